The summed E-state index contributed by atoms with van der Waals surface area (Å²) in [6.07, 6.45) is 0. The van der Waals surface area contributed by atoms with E-state index >= 15 is 0 Å². The van der Waals surface area contributed by atoms with Crippen molar-refractivity contribution in [1.82, 2.24) is 9.84 Å². The summed E-state index contributed by atoms with van der Waals surface area (Å²) in [6, 6.07) is 2.20. The normalized spacial score (nSPS) is 17.8. The molecule has 8 nitrogen and oxygen atoms in total. The van der Waals surface area contributed by atoms with Gasteiger partial charge in [-0.25, -0.2) is 18.2 Å². The Bertz CT molecular complexity index is 531. The molecule has 0 aromatic carbocycles. The molecule has 18 heavy (non-hydrogen) atoms. The van der Waals surface area contributed by atoms with E-state index < -0.39 is 26.8 Å². The summed E-state index contributed by atoms with van der Waals surface area (Å²) in [5.41, 5.74) is 0. The van der Waals surface area contributed by atoms with Crippen LogP contribution in [0.3, 0.4) is 0 Å². The summed E-state index contributed by atoms with van der Waals surface area (Å²) in [6.45, 7) is 1.71. The number of sulfonamides is 1. The fraction of sp³-hybridized carbons (Fsp3) is 0.444. The van der Waals surface area contributed by atoms with Crippen LogP contribution < -0.4 is 4.83 Å². The number of furan rings is 1. The molecule has 100 valence electrons. The lowest BCUT2D eigenvalue weighted by Crippen LogP contribution is -2.48. The highest BCUT2D eigenvalue weighted by Gasteiger charge is 2.24. The molecule has 1 saturated heterocycles. The van der Waals surface area contributed by atoms with Gasteiger partial charge in [0, 0.05) is 13.1 Å². The van der Waals surface area contributed by atoms with E-state index in [9.17, 15) is 13.2 Å². The maximum absolute atomic E-state index is 11.9. The van der Waals surface area contributed by atoms with Crippen molar-refractivity contribution in [3.8, 4) is 0 Å². The van der Waals surface area contributed by atoms with E-state index in [0.29, 0.717) is 26.3 Å². The van der Waals surface area contributed by atoms with Gasteiger partial charge < -0.3 is 14.3 Å². The molecule has 0 aliphatic carbocycles. The van der Waals surface area contributed by atoms with E-state index in [-0.39, 0.29) is 0 Å². The largest absolute Gasteiger partial charge is 0.475 e. The molecule has 9 heteroatoms. The Hall–Kier alpha value is -1.42. The Morgan fingerprint density at radius 3 is 2.56 bits per heavy atom. The average Bonchev–Trinajstić information content (AvgIpc) is 2.79. The molecular formula is C9H12N2O6S. The number of hydrazine groups is 1. The molecule has 0 radical (unpaired) electrons. The van der Waals surface area contributed by atoms with Crippen molar-refractivity contribution in [3.63, 3.8) is 0 Å². The Morgan fingerprint density at radius 2 is 2.00 bits per heavy atom. The summed E-state index contributed by atoms with van der Waals surface area (Å²) in [7, 11) is -3.88. The fourth-order valence-corrected chi connectivity index (χ4v) is 2.51. The van der Waals surface area contributed by atoms with Crippen LogP contribution >= 0.6 is 0 Å². The summed E-state index contributed by atoms with van der Waals surface area (Å²) in [4.78, 5) is 12.9. The summed E-state index contributed by atoms with van der Waals surface area (Å²) in [5.74, 6) is -1.74. The molecule has 1 fully saturated rings. The lowest BCUT2D eigenvalue weighted by molar-refractivity contribution is 0.0269. The van der Waals surface area contributed by atoms with Crippen molar-refractivity contribution < 1.29 is 27.5 Å². The number of nitrogens with one attached hydrogen (secondary N) is 1. The zero-order chi connectivity index (χ0) is 13.2. The lowest BCUT2D eigenvalue weighted by Gasteiger charge is -2.26. The van der Waals surface area contributed by atoms with Gasteiger partial charge in [0.2, 0.25) is 10.9 Å². The van der Waals surface area contributed by atoms with Crippen molar-refractivity contribution in [2.24, 2.45) is 0 Å². The van der Waals surface area contributed by atoms with Gasteiger partial charge in [0.25, 0.3) is 10.0 Å². The minimum absolute atomic E-state index is 0.419. The van der Waals surface area contributed by atoms with Crippen molar-refractivity contribution in [1.29, 1.82) is 0 Å². The summed E-state index contributed by atoms with van der Waals surface area (Å²) in [5, 5.41) is 9.70. The average molecular weight is 276 g/mol. The lowest BCUT2D eigenvalue weighted by atomic mass is 10.5. The van der Waals surface area contributed by atoms with Gasteiger partial charge in [-0.1, -0.05) is 0 Å². The van der Waals surface area contributed by atoms with Crippen molar-refractivity contribution in [2.45, 2.75) is 5.09 Å². The van der Waals surface area contributed by atoms with E-state index in [4.69, 9.17) is 14.3 Å². The van der Waals surface area contributed by atoms with Crippen molar-refractivity contribution in [3.05, 3.63) is 17.9 Å². The monoisotopic (exact) mass is 276 g/mol. The standard InChI is InChI=1S/C9H12N2O6S/c12-9(13)7-1-2-8(17-7)18(14,15)10-11-3-5-16-6-4-11/h1-2,10H,3-6H2,(H,12,13). The van der Waals surface area contributed by atoms with Gasteiger partial charge in [-0.2, -0.15) is 0 Å². The number of carbonyl (C=O) groups is 1. The number of hydrogen-bond acceptors (Lipinski definition) is 6. The SMILES string of the molecule is O=C(O)c1ccc(S(=O)(=O)NN2CCOCC2)o1. The van der Waals surface area contributed by atoms with Gasteiger partial charge in [0.05, 0.1) is 13.2 Å². The molecule has 0 unspecified atom stereocenters. The third kappa shape index (κ3) is 2.88. The molecule has 2 heterocycles. The van der Waals surface area contributed by atoms with Gasteiger partial charge in [0.15, 0.2) is 0 Å². The minimum atomic E-state index is -3.88. The van der Waals surface area contributed by atoms with Gasteiger partial charge in [-0.05, 0) is 12.1 Å². The number of aromatic carboxylic acids is 1. The second-order valence-electron chi connectivity index (χ2n) is 3.62. The van der Waals surface area contributed by atoms with Crippen LogP contribution in [0, 0.1) is 0 Å². The first-order valence-electron chi connectivity index (χ1n) is 5.17. The molecule has 0 spiro atoms. The fourth-order valence-electron chi connectivity index (χ4n) is 1.45. The second kappa shape index (κ2) is 5.06. The van der Waals surface area contributed by atoms with Crippen LogP contribution in [0.2, 0.25) is 0 Å². The van der Waals surface area contributed by atoms with Crippen LogP contribution in [0.4, 0.5) is 0 Å². The highest BCUT2D eigenvalue weighted by molar-refractivity contribution is 7.89. The molecule has 0 atom stereocenters. The van der Waals surface area contributed by atoms with E-state index in [0.717, 1.165) is 12.1 Å². The first-order valence-corrected chi connectivity index (χ1v) is 6.65. The van der Waals surface area contributed by atoms with Crippen molar-refractivity contribution >= 4 is 16.0 Å². The number of ether oxygens (including phenoxy) is 1. The van der Waals surface area contributed by atoms with Crippen LogP contribution in [0.25, 0.3) is 0 Å². The number of carboxylic acids is 1. The quantitative estimate of drug-likeness (QED) is 0.763. The Morgan fingerprint density at radius 1 is 1.33 bits per heavy atom. The third-order valence-corrected chi connectivity index (χ3v) is 3.57. The van der Waals surface area contributed by atoms with Crippen LogP contribution in [-0.4, -0.2) is 50.8 Å². The molecule has 1 aliphatic heterocycles. The number of carboxylic acid groups (broad SMARTS) is 1. The Balaban J connectivity index is 2.11. The van der Waals surface area contributed by atoms with Crippen LogP contribution in [0.15, 0.2) is 21.6 Å². The van der Waals surface area contributed by atoms with E-state index in [1.165, 1.54) is 5.01 Å². The predicted octanol–water partition coefficient (Wildman–Crippen LogP) is -0.497. The minimum Gasteiger partial charge on any atom is -0.475 e. The van der Waals surface area contributed by atoms with Crippen molar-refractivity contribution in [2.75, 3.05) is 26.3 Å². The molecule has 0 bridgehead atoms. The molecular weight excluding hydrogens is 264 g/mol. The maximum Gasteiger partial charge on any atom is 0.371 e. The smallest absolute Gasteiger partial charge is 0.371 e. The number of nitrogens with zero attached hydrogens (tertiary/aromatic N) is 1. The molecule has 2 N–H and O–H groups in total. The maximum atomic E-state index is 11.9. The van der Waals surface area contributed by atoms with Crippen LogP contribution in [0.5, 0.6) is 0 Å². The molecule has 1 aromatic heterocycles. The van der Waals surface area contributed by atoms with Crippen LogP contribution in [-0.2, 0) is 14.8 Å². The zero-order valence-corrected chi connectivity index (χ0v) is 10.1. The second-order valence-corrected chi connectivity index (χ2v) is 5.21. The van der Waals surface area contributed by atoms with Gasteiger partial charge in [-0.3, -0.25) is 0 Å². The van der Waals surface area contributed by atoms with E-state index in [2.05, 4.69) is 4.83 Å². The van der Waals surface area contributed by atoms with E-state index in [1.807, 2.05) is 0 Å². The van der Waals surface area contributed by atoms with Gasteiger partial charge in [-0.15, -0.1) is 4.83 Å². The highest BCUT2D eigenvalue weighted by Crippen LogP contribution is 2.14. The molecule has 1 aliphatic rings. The predicted molar refractivity (Wildman–Crippen MR) is 58.4 cm³/mol. The molecule has 0 amide bonds. The topological polar surface area (TPSA) is 109 Å². The molecule has 1 aromatic rings. The number of rotatable bonds is 4. The zero-order valence-electron chi connectivity index (χ0n) is 9.33. The first kappa shape index (κ1) is 13.0. The first-order chi connectivity index (χ1) is 8.49. The van der Waals surface area contributed by atoms with Gasteiger partial charge >= 0.3 is 5.97 Å². The summed E-state index contributed by atoms with van der Waals surface area (Å²) >= 11 is 0. The summed E-state index contributed by atoms with van der Waals surface area (Å²) < 4.78 is 33.5. The Labute approximate surface area is 103 Å². The highest BCUT2D eigenvalue weighted by atomic mass is 32.2. The molecule has 2 rings (SSSR count). The van der Waals surface area contributed by atoms with Crippen LogP contribution in [0.1, 0.15) is 10.6 Å². The number of hydrogen-bond donors (Lipinski definition) is 2. The van der Waals surface area contributed by atoms with Gasteiger partial charge in [0.1, 0.15) is 0 Å². The van der Waals surface area contributed by atoms with E-state index in [1.54, 1.807) is 0 Å². The molecule has 0 saturated carbocycles. The Kier molecular flexibility index (Phi) is 3.66. The number of morpholine rings is 1. The third-order valence-electron chi connectivity index (χ3n) is 2.32.